The summed E-state index contributed by atoms with van der Waals surface area (Å²) in [5.74, 6) is -0.748. The molecule has 1 aliphatic carbocycles. The third-order valence-electron chi connectivity index (χ3n) is 5.88. The number of alkyl halides is 3. The molecule has 9 heteroatoms. The van der Waals surface area contributed by atoms with Gasteiger partial charge in [0.2, 0.25) is 0 Å². The number of aromatic nitrogens is 1. The van der Waals surface area contributed by atoms with Gasteiger partial charge in [-0.3, -0.25) is 9.78 Å². The minimum atomic E-state index is -4.52. The van der Waals surface area contributed by atoms with Gasteiger partial charge in [0.15, 0.2) is 0 Å². The van der Waals surface area contributed by atoms with E-state index in [0.29, 0.717) is 22.2 Å². The average molecular weight is 401 g/mol. The van der Waals surface area contributed by atoms with Crippen LogP contribution in [0.2, 0.25) is 0 Å². The van der Waals surface area contributed by atoms with E-state index in [1.165, 1.54) is 17.4 Å². The van der Waals surface area contributed by atoms with Crippen molar-refractivity contribution in [1.29, 1.82) is 5.26 Å². The molecule has 29 heavy (non-hydrogen) atoms. The molecular weight excluding hydrogens is 383 g/mol. The summed E-state index contributed by atoms with van der Waals surface area (Å²) >= 11 is 0. The fourth-order valence-corrected chi connectivity index (χ4v) is 4.39. The van der Waals surface area contributed by atoms with E-state index < -0.39 is 22.9 Å². The van der Waals surface area contributed by atoms with Crippen LogP contribution >= 0.6 is 0 Å². The molecule has 1 saturated heterocycles. The van der Waals surface area contributed by atoms with Crippen LogP contribution in [0.1, 0.15) is 12.0 Å². The molecule has 1 saturated carbocycles. The Labute approximate surface area is 165 Å². The minimum absolute atomic E-state index is 0.0774. The molecule has 0 bridgehead atoms. The second-order valence-corrected chi connectivity index (χ2v) is 7.85. The number of amides is 1. The number of anilines is 1. The fraction of sp³-hybridized carbons (Fsp3) is 0.400. The van der Waals surface area contributed by atoms with Gasteiger partial charge >= 0.3 is 6.18 Å². The van der Waals surface area contributed by atoms with Gasteiger partial charge in [0, 0.05) is 44.5 Å². The van der Waals surface area contributed by atoms with Crippen LogP contribution < -0.4 is 4.90 Å². The first-order chi connectivity index (χ1) is 13.6. The Kier molecular flexibility index (Phi) is 4.08. The first kappa shape index (κ1) is 19.2. The highest BCUT2D eigenvalue weighted by atomic mass is 19.4. The number of piperidine rings is 1. The lowest BCUT2D eigenvalue weighted by Gasteiger charge is -2.25. The third-order valence-corrected chi connectivity index (χ3v) is 5.88. The van der Waals surface area contributed by atoms with Crippen LogP contribution in [0.4, 0.5) is 18.9 Å². The first-order valence-electron chi connectivity index (χ1n) is 9.00. The molecule has 6 nitrogen and oxygen atoms in total. The number of pyridine rings is 1. The molecular formula is C20H18F3N5O. The van der Waals surface area contributed by atoms with E-state index in [2.05, 4.69) is 16.0 Å². The van der Waals surface area contributed by atoms with E-state index >= 15 is 0 Å². The molecule has 150 valence electrons. The van der Waals surface area contributed by atoms with E-state index in [-0.39, 0.29) is 19.5 Å². The van der Waals surface area contributed by atoms with Crippen molar-refractivity contribution in [2.45, 2.75) is 12.6 Å². The Hall–Kier alpha value is -3.15. The van der Waals surface area contributed by atoms with Crippen molar-refractivity contribution in [2.24, 2.45) is 15.8 Å². The molecule has 2 atom stereocenters. The van der Waals surface area contributed by atoms with Gasteiger partial charge in [0.25, 0.3) is 5.91 Å². The second-order valence-electron chi connectivity index (χ2n) is 7.85. The highest BCUT2D eigenvalue weighted by Gasteiger charge is 2.86. The number of nitrogens with zero attached hydrogens (tertiary/aromatic N) is 5. The Morgan fingerprint density at radius 2 is 2.10 bits per heavy atom. The zero-order valence-electron chi connectivity index (χ0n) is 15.9. The lowest BCUT2D eigenvalue weighted by molar-refractivity contribution is -0.191. The number of nitriles is 1. The van der Waals surface area contributed by atoms with Gasteiger partial charge in [-0.25, -0.2) is 4.99 Å². The van der Waals surface area contributed by atoms with Gasteiger partial charge in [-0.1, -0.05) is 0 Å². The Morgan fingerprint density at radius 1 is 1.34 bits per heavy atom. The molecule has 1 amide bonds. The van der Waals surface area contributed by atoms with Crippen LogP contribution in [0.25, 0.3) is 10.9 Å². The molecule has 0 N–H and O–H groups in total. The fourth-order valence-electron chi connectivity index (χ4n) is 4.39. The molecule has 2 aliphatic rings. The molecule has 0 unspecified atom stereocenters. The van der Waals surface area contributed by atoms with Crippen molar-refractivity contribution in [3.8, 4) is 6.07 Å². The summed E-state index contributed by atoms with van der Waals surface area (Å²) in [6.45, 7) is -0.401. The van der Waals surface area contributed by atoms with Crippen LogP contribution in [0.15, 0.2) is 35.5 Å². The predicted octanol–water partition coefficient (Wildman–Crippen LogP) is 2.98. The number of hydrogen-bond donors (Lipinski definition) is 0. The summed E-state index contributed by atoms with van der Waals surface area (Å²) in [5, 5.41) is 9.88. The highest BCUT2D eigenvalue weighted by Crippen LogP contribution is 2.75. The molecule has 4 rings (SSSR count). The van der Waals surface area contributed by atoms with E-state index in [4.69, 9.17) is 0 Å². The summed E-state index contributed by atoms with van der Waals surface area (Å²) in [6.07, 6.45) is -2.01. The van der Waals surface area contributed by atoms with Crippen molar-refractivity contribution < 1.29 is 18.0 Å². The van der Waals surface area contributed by atoms with Gasteiger partial charge in [-0.15, -0.1) is 0 Å². The molecule has 1 aliphatic heterocycles. The summed E-state index contributed by atoms with van der Waals surface area (Å²) in [7, 11) is 3.30. The maximum absolute atomic E-state index is 14.0. The smallest absolute Gasteiger partial charge is 0.369 e. The molecule has 0 radical (unpaired) electrons. The maximum Gasteiger partial charge on any atom is 0.397 e. The monoisotopic (exact) mass is 401 g/mol. The van der Waals surface area contributed by atoms with E-state index in [0.717, 1.165) is 0 Å². The summed E-state index contributed by atoms with van der Waals surface area (Å²) in [6, 6.07) is 8.62. The highest BCUT2D eigenvalue weighted by molar-refractivity contribution is 5.98. The number of fused-ring (bicyclic) bond motifs is 2. The quantitative estimate of drug-likeness (QED) is 0.584. The average Bonchev–Trinajstić information content (AvgIpc) is 3.23. The van der Waals surface area contributed by atoms with Crippen molar-refractivity contribution in [3.05, 3.63) is 36.0 Å². The largest absolute Gasteiger partial charge is 0.397 e. The van der Waals surface area contributed by atoms with Gasteiger partial charge < -0.3 is 9.80 Å². The standard InChI is InChI=1S/C20H18F3N5O/c1-27(2)12-26-17(29)18-9-19(18,20(21,22)23)11-28(10-18)15-6-5-13(8-24)16-14(15)4-3-7-25-16/h3-7,12H,9-11H2,1-2H3/t18-,19-/m0/s1. The number of halogens is 3. The van der Waals surface area contributed by atoms with E-state index in [1.54, 1.807) is 43.3 Å². The normalized spacial score (nSPS) is 25.9. The number of rotatable bonds is 3. The lowest BCUT2D eigenvalue weighted by Crippen LogP contribution is -2.34. The predicted molar refractivity (Wildman–Crippen MR) is 101 cm³/mol. The van der Waals surface area contributed by atoms with Gasteiger partial charge in [0.1, 0.15) is 11.5 Å². The number of carbonyl (C=O) groups is 1. The van der Waals surface area contributed by atoms with Crippen molar-refractivity contribution >= 4 is 28.8 Å². The van der Waals surface area contributed by atoms with E-state index in [1.807, 2.05) is 0 Å². The van der Waals surface area contributed by atoms with Gasteiger partial charge in [-0.05, 0) is 30.7 Å². The molecule has 2 heterocycles. The minimum Gasteiger partial charge on any atom is -0.369 e. The number of carbonyl (C=O) groups excluding carboxylic acids is 1. The van der Waals surface area contributed by atoms with Gasteiger partial charge in [-0.2, -0.15) is 18.4 Å². The van der Waals surface area contributed by atoms with Crippen LogP contribution in [0.3, 0.4) is 0 Å². The number of hydrogen-bond acceptors (Lipinski definition) is 4. The van der Waals surface area contributed by atoms with E-state index in [9.17, 15) is 23.2 Å². The van der Waals surface area contributed by atoms with Gasteiger partial charge in [0.05, 0.1) is 22.8 Å². The van der Waals surface area contributed by atoms with Crippen LogP contribution in [-0.2, 0) is 4.79 Å². The zero-order valence-corrected chi connectivity index (χ0v) is 15.9. The van der Waals surface area contributed by atoms with Crippen LogP contribution in [0, 0.1) is 22.2 Å². The topological polar surface area (TPSA) is 72.6 Å². The molecule has 1 aromatic carbocycles. The van der Waals surface area contributed by atoms with Crippen molar-refractivity contribution in [1.82, 2.24) is 9.88 Å². The summed E-state index contributed by atoms with van der Waals surface area (Å²) in [5.41, 5.74) is -2.38. The summed E-state index contributed by atoms with van der Waals surface area (Å²) in [4.78, 5) is 23.8. The summed E-state index contributed by atoms with van der Waals surface area (Å²) < 4.78 is 42.0. The maximum atomic E-state index is 14.0. The third kappa shape index (κ3) is 2.66. The Bertz CT molecular complexity index is 1070. The van der Waals surface area contributed by atoms with Crippen LogP contribution in [-0.4, -0.2) is 55.5 Å². The SMILES string of the molecule is CN(C)C=NC(=O)[C@]12CN(c3ccc(C#N)c4ncccc34)C[C@@]1(C(F)(F)F)C2. The number of benzene rings is 1. The second kappa shape index (κ2) is 6.17. The molecule has 0 spiro atoms. The van der Waals surface area contributed by atoms with Crippen molar-refractivity contribution in [3.63, 3.8) is 0 Å². The zero-order chi connectivity index (χ0) is 21.0. The number of aliphatic imine (C=N–C) groups is 1. The molecule has 2 fully saturated rings. The molecule has 1 aromatic heterocycles. The Morgan fingerprint density at radius 3 is 2.76 bits per heavy atom. The van der Waals surface area contributed by atoms with Crippen LogP contribution in [0.5, 0.6) is 0 Å². The first-order valence-corrected chi connectivity index (χ1v) is 9.00. The Balaban J connectivity index is 1.77. The van der Waals surface area contributed by atoms with Crippen molar-refractivity contribution in [2.75, 3.05) is 32.1 Å². The lowest BCUT2D eigenvalue weighted by atomic mass is 9.95. The molecule has 2 aromatic rings.